The molecule has 1 aromatic carbocycles. The smallest absolute Gasteiger partial charge is 0.325 e. The van der Waals surface area contributed by atoms with Crippen LogP contribution in [0.3, 0.4) is 0 Å². The van der Waals surface area contributed by atoms with Gasteiger partial charge in [0.2, 0.25) is 5.91 Å². The molecule has 4 nitrogen and oxygen atoms in total. The van der Waals surface area contributed by atoms with Crippen molar-refractivity contribution < 1.29 is 18.0 Å². The van der Waals surface area contributed by atoms with Gasteiger partial charge >= 0.3 is 6.18 Å². The molecule has 0 aliphatic carbocycles. The summed E-state index contributed by atoms with van der Waals surface area (Å²) in [6.07, 6.45) is -3.31. The summed E-state index contributed by atoms with van der Waals surface area (Å²) in [5.74, 6) is -0.690. The van der Waals surface area contributed by atoms with E-state index in [4.69, 9.17) is 23.2 Å². The standard InChI is InChI=1S/C14H9Cl2F3N2O2/c15-9-5-11(16)13(23)21(6-9)7-12(22)20-10-3-1-2-8(4-10)14(17,18)19/h1-6H,7H2,(H,20,22). The Morgan fingerprint density at radius 1 is 1.22 bits per heavy atom. The van der Waals surface area contributed by atoms with Crippen molar-refractivity contribution in [1.82, 2.24) is 4.57 Å². The summed E-state index contributed by atoms with van der Waals surface area (Å²) in [6.45, 7) is -0.435. The minimum atomic E-state index is -4.52. The lowest BCUT2D eigenvalue weighted by atomic mass is 10.2. The number of amides is 1. The van der Waals surface area contributed by atoms with Crippen LogP contribution in [0.15, 0.2) is 41.3 Å². The first-order valence-electron chi connectivity index (χ1n) is 6.19. The quantitative estimate of drug-likeness (QED) is 0.899. The van der Waals surface area contributed by atoms with E-state index >= 15 is 0 Å². The largest absolute Gasteiger partial charge is 0.416 e. The second-order valence-corrected chi connectivity index (χ2v) is 5.41. The Hall–Kier alpha value is -1.99. The van der Waals surface area contributed by atoms with Crippen molar-refractivity contribution >= 4 is 34.8 Å². The first-order chi connectivity index (χ1) is 10.7. The number of hydrogen-bond donors (Lipinski definition) is 1. The number of halogens is 5. The van der Waals surface area contributed by atoms with E-state index in [9.17, 15) is 22.8 Å². The highest BCUT2D eigenvalue weighted by Gasteiger charge is 2.30. The van der Waals surface area contributed by atoms with Gasteiger partial charge in [-0.25, -0.2) is 0 Å². The number of carbonyl (C=O) groups is 1. The van der Waals surface area contributed by atoms with Crippen LogP contribution in [0.5, 0.6) is 0 Å². The van der Waals surface area contributed by atoms with E-state index in [-0.39, 0.29) is 15.7 Å². The molecule has 23 heavy (non-hydrogen) atoms. The number of nitrogens with zero attached hydrogens (tertiary/aromatic N) is 1. The van der Waals surface area contributed by atoms with E-state index in [0.29, 0.717) is 0 Å². The third-order valence-corrected chi connectivity index (χ3v) is 3.27. The molecule has 0 saturated carbocycles. The molecule has 0 unspecified atom stereocenters. The molecule has 1 N–H and O–H groups in total. The molecule has 0 atom stereocenters. The summed E-state index contributed by atoms with van der Waals surface area (Å²) in [7, 11) is 0. The molecule has 1 amide bonds. The molecule has 0 saturated heterocycles. The Labute approximate surface area is 138 Å². The van der Waals surface area contributed by atoms with Gasteiger partial charge in [0.25, 0.3) is 5.56 Å². The molecule has 2 aromatic rings. The molecule has 0 aliphatic rings. The van der Waals surface area contributed by atoms with Crippen LogP contribution in [0, 0.1) is 0 Å². The zero-order chi connectivity index (χ0) is 17.2. The molecule has 0 spiro atoms. The monoisotopic (exact) mass is 364 g/mol. The zero-order valence-electron chi connectivity index (χ0n) is 11.3. The Bertz CT molecular complexity index is 803. The topological polar surface area (TPSA) is 51.1 Å². The van der Waals surface area contributed by atoms with Gasteiger partial charge in [-0.15, -0.1) is 0 Å². The fraction of sp³-hybridized carbons (Fsp3) is 0.143. The van der Waals surface area contributed by atoms with Crippen LogP contribution in [0.25, 0.3) is 0 Å². The lowest BCUT2D eigenvalue weighted by Crippen LogP contribution is -2.27. The van der Waals surface area contributed by atoms with Crippen molar-refractivity contribution in [2.45, 2.75) is 12.7 Å². The highest BCUT2D eigenvalue weighted by molar-refractivity contribution is 6.34. The maximum absolute atomic E-state index is 12.6. The van der Waals surface area contributed by atoms with Gasteiger partial charge < -0.3 is 9.88 Å². The van der Waals surface area contributed by atoms with E-state index < -0.39 is 29.8 Å². The maximum atomic E-state index is 12.6. The average Bonchev–Trinajstić information content (AvgIpc) is 2.43. The van der Waals surface area contributed by atoms with E-state index in [1.807, 2.05) is 0 Å². The number of rotatable bonds is 3. The van der Waals surface area contributed by atoms with E-state index in [0.717, 1.165) is 16.7 Å². The van der Waals surface area contributed by atoms with Crippen molar-refractivity contribution in [2.24, 2.45) is 0 Å². The normalized spacial score (nSPS) is 11.3. The van der Waals surface area contributed by atoms with Gasteiger partial charge in [0.1, 0.15) is 11.6 Å². The first kappa shape index (κ1) is 17.4. The minimum Gasteiger partial charge on any atom is -0.325 e. The average molecular weight is 365 g/mol. The van der Waals surface area contributed by atoms with Gasteiger partial charge in [0, 0.05) is 11.9 Å². The number of aromatic nitrogens is 1. The molecule has 2 rings (SSSR count). The Morgan fingerprint density at radius 2 is 1.91 bits per heavy atom. The van der Waals surface area contributed by atoms with Crippen molar-refractivity contribution in [2.75, 3.05) is 5.32 Å². The summed E-state index contributed by atoms with van der Waals surface area (Å²) in [5, 5.41) is 2.28. The number of benzene rings is 1. The molecule has 122 valence electrons. The van der Waals surface area contributed by atoms with Gasteiger partial charge in [0.05, 0.1) is 10.6 Å². The third-order valence-electron chi connectivity index (χ3n) is 2.80. The number of carbonyl (C=O) groups excluding carboxylic acids is 1. The molecule has 0 aliphatic heterocycles. The van der Waals surface area contributed by atoms with Crippen LogP contribution in [-0.4, -0.2) is 10.5 Å². The van der Waals surface area contributed by atoms with E-state index in [1.165, 1.54) is 24.4 Å². The van der Waals surface area contributed by atoms with Gasteiger partial charge in [-0.2, -0.15) is 13.2 Å². The fourth-order valence-corrected chi connectivity index (χ4v) is 2.32. The van der Waals surface area contributed by atoms with E-state index in [1.54, 1.807) is 0 Å². The highest BCUT2D eigenvalue weighted by atomic mass is 35.5. The van der Waals surface area contributed by atoms with Crippen molar-refractivity contribution in [3.8, 4) is 0 Å². The van der Waals surface area contributed by atoms with Crippen molar-refractivity contribution in [1.29, 1.82) is 0 Å². The van der Waals surface area contributed by atoms with Gasteiger partial charge in [-0.05, 0) is 24.3 Å². The Balaban J connectivity index is 2.16. The van der Waals surface area contributed by atoms with Crippen LogP contribution in [0.2, 0.25) is 10.0 Å². The summed E-state index contributed by atoms with van der Waals surface area (Å²) >= 11 is 11.4. The number of nitrogens with one attached hydrogen (secondary N) is 1. The minimum absolute atomic E-state index is 0.0361. The molecule has 0 radical (unpaired) electrons. The Morgan fingerprint density at radius 3 is 2.57 bits per heavy atom. The third kappa shape index (κ3) is 4.49. The predicted molar refractivity (Wildman–Crippen MR) is 80.8 cm³/mol. The summed E-state index contributed by atoms with van der Waals surface area (Å²) in [5.41, 5.74) is -1.56. The molecule has 0 fully saturated rings. The maximum Gasteiger partial charge on any atom is 0.416 e. The van der Waals surface area contributed by atoms with Crippen LogP contribution < -0.4 is 10.9 Å². The fourth-order valence-electron chi connectivity index (χ4n) is 1.81. The van der Waals surface area contributed by atoms with Crippen LogP contribution in [0.1, 0.15) is 5.56 Å². The van der Waals surface area contributed by atoms with Crippen molar-refractivity contribution in [3.05, 3.63) is 62.5 Å². The predicted octanol–water partition coefficient (Wildman–Crippen LogP) is 3.81. The molecule has 9 heteroatoms. The Kier molecular flexibility index (Phi) is 5.01. The second kappa shape index (κ2) is 6.64. The number of anilines is 1. The molecular weight excluding hydrogens is 356 g/mol. The number of pyridine rings is 1. The first-order valence-corrected chi connectivity index (χ1v) is 6.95. The van der Waals surface area contributed by atoms with Gasteiger partial charge in [-0.3, -0.25) is 9.59 Å². The SMILES string of the molecule is O=C(Cn1cc(Cl)cc(Cl)c1=O)Nc1cccc(C(F)(F)F)c1. The highest BCUT2D eigenvalue weighted by Crippen LogP contribution is 2.30. The lowest BCUT2D eigenvalue weighted by Gasteiger charge is -2.11. The molecule has 1 heterocycles. The van der Waals surface area contributed by atoms with Gasteiger partial charge in [0.15, 0.2) is 0 Å². The van der Waals surface area contributed by atoms with Gasteiger partial charge in [-0.1, -0.05) is 29.3 Å². The molecular formula is C14H9Cl2F3N2O2. The number of alkyl halides is 3. The number of hydrogen-bond acceptors (Lipinski definition) is 2. The van der Waals surface area contributed by atoms with Crippen molar-refractivity contribution in [3.63, 3.8) is 0 Å². The van der Waals surface area contributed by atoms with Crippen LogP contribution >= 0.6 is 23.2 Å². The van der Waals surface area contributed by atoms with E-state index in [2.05, 4.69) is 5.32 Å². The zero-order valence-corrected chi connectivity index (χ0v) is 12.8. The summed E-state index contributed by atoms with van der Waals surface area (Å²) in [6, 6.07) is 5.39. The van der Waals surface area contributed by atoms with Crippen LogP contribution in [0.4, 0.5) is 18.9 Å². The molecule has 1 aromatic heterocycles. The lowest BCUT2D eigenvalue weighted by molar-refractivity contribution is -0.137. The molecule has 0 bridgehead atoms. The summed E-state index contributed by atoms with van der Waals surface area (Å²) in [4.78, 5) is 23.6. The second-order valence-electron chi connectivity index (χ2n) is 4.57. The summed E-state index contributed by atoms with van der Waals surface area (Å²) < 4.78 is 38.8. The van der Waals surface area contributed by atoms with Crippen LogP contribution in [-0.2, 0) is 17.5 Å².